The molecule has 0 aliphatic rings. The van der Waals surface area contributed by atoms with Gasteiger partial charge in [0, 0.05) is 18.8 Å². The Morgan fingerprint density at radius 1 is 1.27 bits per heavy atom. The Morgan fingerprint density at radius 3 is 2.85 bits per heavy atom. The third-order valence-corrected chi connectivity index (χ3v) is 3.92. The monoisotopic (exact) mass is 351 g/mol. The predicted octanol–water partition coefficient (Wildman–Crippen LogP) is 1.38. The smallest absolute Gasteiger partial charge is 0.225 e. The molecule has 0 fully saturated rings. The number of benzene rings is 1. The predicted molar refractivity (Wildman–Crippen MR) is 91.7 cm³/mol. The van der Waals surface area contributed by atoms with Gasteiger partial charge in [0.05, 0.1) is 18.1 Å². The van der Waals surface area contributed by atoms with E-state index in [1.807, 2.05) is 6.07 Å². The zero-order valence-corrected chi connectivity index (χ0v) is 13.8. The van der Waals surface area contributed by atoms with Crippen LogP contribution in [0, 0.1) is 5.82 Å². The number of hydrogen-bond donors (Lipinski definition) is 1. The summed E-state index contributed by atoms with van der Waals surface area (Å²) in [7, 11) is 1.80. The number of pyridine rings is 1. The lowest BCUT2D eigenvalue weighted by Gasteiger charge is -2.07. The van der Waals surface area contributed by atoms with E-state index in [1.165, 1.54) is 10.7 Å². The van der Waals surface area contributed by atoms with E-state index in [9.17, 15) is 9.18 Å². The van der Waals surface area contributed by atoms with Gasteiger partial charge in [-0.2, -0.15) is 10.2 Å². The second-order valence-corrected chi connectivity index (χ2v) is 5.75. The van der Waals surface area contributed by atoms with Gasteiger partial charge in [0.2, 0.25) is 5.91 Å². The maximum Gasteiger partial charge on any atom is 0.225 e. The van der Waals surface area contributed by atoms with Gasteiger partial charge in [-0.15, -0.1) is 0 Å². The van der Waals surface area contributed by atoms with Crippen LogP contribution in [0.25, 0.3) is 28.1 Å². The molecule has 0 bridgehead atoms. The summed E-state index contributed by atoms with van der Waals surface area (Å²) in [6, 6.07) is 8.03. The van der Waals surface area contributed by atoms with Crippen LogP contribution in [0.5, 0.6) is 0 Å². The number of aryl methyl sites for hydroxylation is 1. The summed E-state index contributed by atoms with van der Waals surface area (Å²) in [5.74, 6) is -0.455. The zero-order chi connectivity index (χ0) is 18.3. The average Bonchev–Trinajstić information content (AvgIpc) is 3.18. The third kappa shape index (κ3) is 2.69. The summed E-state index contributed by atoms with van der Waals surface area (Å²) in [6.45, 7) is 0. The molecule has 8 nitrogen and oxygen atoms in total. The summed E-state index contributed by atoms with van der Waals surface area (Å²) in [6.07, 6.45) is 3.12. The number of nitrogens with two attached hydrogens (primary N) is 1. The van der Waals surface area contributed by atoms with Crippen LogP contribution in [-0.2, 0) is 18.3 Å². The first-order valence-electron chi connectivity index (χ1n) is 7.80. The molecule has 0 saturated carbocycles. The van der Waals surface area contributed by atoms with Gasteiger partial charge in [-0.1, -0.05) is 12.1 Å². The van der Waals surface area contributed by atoms with Gasteiger partial charge >= 0.3 is 0 Å². The Bertz CT molecular complexity index is 1130. The summed E-state index contributed by atoms with van der Waals surface area (Å²) < 4.78 is 17.3. The lowest BCUT2D eigenvalue weighted by Crippen LogP contribution is -2.14. The number of halogens is 1. The molecule has 3 aromatic heterocycles. The molecule has 4 rings (SSSR count). The fourth-order valence-corrected chi connectivity index (χ4v) is 2.71. The van der Waals surface area contributed by atoms with Gasteiger partial charge in [-0.3, -0.25) is 14.5 Å². The summed E-state index contributed by atoms with van der Waals surface area (Å²) >= 11 is 0. The number of fused-ring (bicyclic) bond motifs is 1. The largest absolute Gasteiger partial charge is 0.369 e. The number of amides is 1. The van der Waals surface area contributed by atoms with E-state index in [4.69, 9.17) is 5.73 Å². The first-order valence-corrected chi connectivity index (χ1v) is 7.80. The maximum absolute atomic E-state index is 14.3. The number of carbonyl (C=O) groups is 1. The maximum atomic E-state index is 14.3. The number of primary amides is 1. The number of nitrogens with zero attached hydrogens (tertiary/aromatic N) is 6. The quantitative estimate of drug-likeness (QED) is 0.598. The number of carbonyl (C=O) groups excluding carboxylic acids is 1. The van der Waals surface area contributed by atoms with Gasteiger partial charge in [0.25, 0.3) is 0 Å². The summed E-state index contributed by atoms with van der Waals surface area (Å²) in [5, 5.41) is 8.42. The van der Waals surface area contributed by atoms with Gasteiger partial charge in [-0.05, 0) is 18.2 Å². The minimum atomic E-state index is -0.567. The Balaban J connectivity index is 1.93. The van der Waals surface area contributed by atoms with Crippen molar-refractivity contribution >= 4 is 16.9 Å². The van der Waals surface area contributed by atoms with Crippen molar-refractivity contribution < 1.29 is 9.18 Å². The minimum Gasteiger partial charge on any atom is -0.369 e. The highest BCUT2D eigenvalue weighted by Gasteiger charge is 2.18. The molecule has 2 N–H and O–H groups in total. The van der Waals surface area contributed by atoms with Crippen LogP contribution in [0.15, 0.2) is 42.7 Å². The topological polar surface area (TPSA) is 105 Å². The number of para-hydroxylation sites is 1. The first kappa shape index (κ1) is 15.9. The Morgan fingerprint density at radius 2 is 2.08 bits per heavy atom. The molecule has 3 heterocycles. The van der Waals surface area contributed by atoms with Crippen LogP contribution in [0.1, 0.15) is 5.82 Å². The second kappa shape index (κ2) is 6.03. The lowest BCUT2D eigenvalue weighted by molar-refractivity contribution is -0.117. The average molecular weight is 351 g/mol. The van der Waals surface area contributed by atoms with Crippen molar-refractivity contribution in [3.63, 3.8) is 0 Å². The molecule has 130 valence electrons. The van der Waals surface area contributed by atoms with Crippen molar-refractivity contribution in [2.24, 2.45) is 12.8 Å². The molecule has 0 radical (unpaired) electrons. The van der Waals surface area contributed by atoms with Crippen LogP contribution < -0.4 is 5.73 Å². The highest BCUT2D eigenvalue weighted by atomic mass is 19.1. The number of hydrogen-bond acceptors (Lipinski definition) is 5. The molecule has 0 saturated heterocycles. The number of aromatic nitrogens is 6. The SMILES string of the molecule is Cn1ncc2ncc(-c3nc(CC(N)=O)nn3-c3ccccc3F)cc21. The van der Waals surface area contributed by atoms with Crippen molar-refractivity contribution in [2.45, 2.75) is 6.42 Å². The molecule has 1 amide bonds. The van der Waals surface area contributed by atoms with Crippen LogP contribution in [0.4, 0.5) is 4.39 Å². The van der Waals surface area contributed by atoms with Gasteiger partial charge in [0.15, 0.2) is 11.6 Å². The molecule has 0 spiro atoms. The standard InChI is InChI=1S/C17H14FN7O/c1-24-14-6-10(8-20-12(14)9-21-24)17-22-16(7-15(19)26)23-25(17)13-5-3-2-4-11(13)18/h2-6,8-9H,7H2,1H3,(H2,19,26). The summed E-state index contributed by atoms with van der Waals surface area (Å²) in [4.78, 5) is 20.0. The van der Waals surface area contributed by atoms with Crippen LogP contribution >= 0.6 is 0 Å². The molecule has 0 unspecified atom stereocenters. The van der Waals surface area contributed by atoms with Gasteiger partial charge in [-0.25, -0.2) is 14.1 Å². The molecule has 1 aromatic carbocycles. The highest BCUT2D eigenvalue weighted by molar-refractivity contribution is 5.79. The van der Waals surface area contributed by atoms with Crippen LogP contribution in [0.3, 0.4) is 0 Å². The number of rotatable bonds is 4. The molecule has 4 aromatic rings. The molecule has 9 heteroatoms. The van der Waals surface area contributed by atoms with E-state index in [-0.39, 0.29) is 17.9 Å². The van der Waals surface area contributed by atoms with Crippen molar-refractivity contribution in [3.8, 4) is 17.1 Å². The molecular formula is C17H14FN7O. The minimum absolute atomic E-state index is 0.143. The van der Waals surface area contributed by atoms with E-state index in [2.05, 4.69) is 20.2 Å². The second-order valence-electron chi connectivity index (χ2n) is 5.75. The zero-order valence-electron chi connectivity index (χ0n) is 13.8. The molecular weight excluding hydrogens is 337 g/mol. The highest BCUT2D eigenvalue weighted by Crippen LogP contribution is 2.25. The van der Waals surface area contributed by atoms with Crippen LogP contribution in [0.2, 0.25) is 0 Å². The van der Waals surface area contributed by atoms with Crippen molar-refractivity contribution in [1.29, 1.82) is 0 Å². The molecule has 0 aliphatic carbocycles. The van der Waals surface area contributed by atoms with Crippen molar-refractivity contribution in [3.05, 3.63) is 54.4 Å². The normalized spacial score (nSPS) is 11.2. The van der Waals surface area contributed by atoms with Gasteiger partial charge in [0.1, 0.15) is 17.0 Å². The van der Waals surface area contributed by atoms with E-state index in [1.54, 1.807) is 42.3 Å². The first-order chi connectivity index (χ1) is 12.5. The third-order valence-electron chi connectivity index (χ3n) is 3.92. The summed E-state index contributed by atoms with van der Waals surface area (Å²) in [5.41, 5.74) is 7.60. The fraction of sp³-hybridized carbons (Fsp3) is 0.118. The van der Waals surface area contributed by atoms with Crippen molar-refractivity contribution in [1.82, 2.24) is 29.5 Å². The van der Waals surface area contributed by atoms with Gasteiger partial charge < -0.3 is 5.73 Å². The Hall–Kier alpha value is -3.62. The lowest BCUT2D eigenvalue weighted by atomic mass is 10.2. The molecule has 0 atom stereocenters. The molecule has 0 aliphatic heterocycles. The Kier molecular flexibility index (Phi) is 3.68. The Labute approximate surface area is 147 Å². The molecule has 26 heavy (non-hydrogen) atoms. The van der Waals surface area contributed by atoms with E-state index < -0.39 is 11.7 Å². The van der Waals surface area contributed by atoms with E-state index >= 15 is 0 Å². The van der Waals surface area contributed by atoms with E-state index in [0.29, 0.717) is 11.4 Å². The fourth-order valence-electron chi connectivity index (χ4n) is 2.71. The van der Waals surface area contributed by atoms with E-state index in [0.717, 1.165) is 11.0 Å². The van der Waals surface area contributed by atoms with Crippen LogP contribution in [-0.4, -0.2) is 35.4 Å². The van der Waals surface area contributed by atoms with Crippen molar-refractivity contribution in [2.75, 3.05) is 0 Å².